The molecule has 1 saturated carbocycles. The fourth-order valence-corrected chi connectivity index (χ4v) is 3.22. The SMILES string of the molecule is C=C1C(=O)C[C@H](c2ccccc2)[C@H]1N1CCCC1=O. The predicted molar refractivity (Wildman–Crippen MR) is 72.7 cm³/mol. The molecule has 0 radical (unpaired) electrons. The van der Waals surface area contributed by atoms with E-state index in [0.717, 1.165) is 18.5 Å². The van der Waals surface area contributed by atoms with Crippen LogP contribution >= 0.6 is 0 Å². The quantitative estimate of drug-likeness (QED) is 0.760. The second-order valence-corrected chi connectivity index (χ2v) is 5.31. The van der Waals surface area contributed by atoms with Gasteiger partial charge in [-0.25, -0.2) is 0 Å². The number of carbonyl (C=O) groups is 2. The van der Waals surface area contributed by atoms with Gasteiger partial charge in [0.05, 0.1) is 6.04 Å². The van der Waals surface area contributed by atoms with Gasteiger partial charge in [0.2, 0.25) is 5.91 Å². The van der Waals surface area contributed by atoms with Gasteiger partial charge in [-0.2, -0.15) is 0 Å². The van der Waals surface area contributed by atoms with E-state index in [1.807, 2.05) is 35.2 Å². The van der Waals surface area contributed by atoms with Crippen LogP contribution in [0.25, 0.3) is 0 Å². The average molecular weight is 255 g/mol. The second kappa shape index (κ2) is 4.65. The van der Waals surface area contributed by atoms with Crippen molar-refractivity contribution < 1.29 is 9.59 Å². The molecule has 1 heterocycles. The summed E-state index contributed by atoms with van der Waals surface area (Å²) in [5.41, 5.74) is 1.73. The van der Waals surface area contributed by atoms with Crippen molar-refractivity contribution >= 4 is 11.7 Å². The second-order valence-electron chi connectivity index (χ2n) is 5.31. The summed E-state index contributed by atoms with van der Waals surface area (Å²) in [7, 11) is 0. The normalized spacial score (nSPS) is 27.4. The topological polar surface area (TPSA) is 37.4 Å². The zero-order valence-electron chi connectivity index (χ0n) is 10.8. The molecule has 1 amide bonds. The highest BCUT2D eigenvalue weighted by Crippen LogP contribution is 2.39. The molecule has 2 aliphatic rings. The maximum Gasteiger partial charge on any atom is 0.223 e. The summed E-state index contributed by atoms with van der Waals surface area (Å²) in [5, 5.41) is 0. The van der Waals surface area contributed by atoms with Crippen LogP contribution in [0.5, 0.6) is 0 Å². The number of nitrogens with zero attached hydrogens (tertiary/aromatic N) is 1. The zero-order chi connectivity index (χ0) is 13.4. The molecule has 0 bridgehead atoms. The fourth-order valence-electron chi connectivity index (χ4n) is 3.22. The van der Waals surface area contributed by atoms with E-state index >= 15 is 0 Å². The number of carbonyl (C=O) groups excluding carboxylic acids is 2. The smallest absolute Gasteiger partial charge is 0.223 e. The van der Waals surface area contributed by atoms with Crippen molar-refractivity contribution in [2.75, 3.05) is 6.54 Å². The lowest BCUT2D eigenvalue weighted by Gasteiger charge is -2.29. The Labute approximate surface area is 112 Å². The van der Waals surface area contributed by atoms with E-state index in [1.165, 1.54) is 0 Å². The van der Waals surface area contributed by atoms with Crippen LogP contribution in [0.1, 0.15) is 30.7 Å². The first-order valence-corrected chi connectivity index (χ1v) is 6.75. The van der Waals surface area contributed by atoms with Crippen LogP contribution < -0.4 is 0 Å². The third kappa shape index (κ3) is 1.99. The molecular weight excluding hydrogens is 238 g/mol. The first-order valence-electron chi connectivity index (χ1n) is 6.75. The highest BCUT2D eigenvalue weighted by Gasteiger charge is 2.43. The third-order valence-electron chi connectivity index (χ3n) is 4.18. The number of likely N-dealkylation sites (tertiary alicyclic amines) is 1. The first kappa shape index (κ1) is 12.2. The molecule has 1 aliphatic carbocycles. The Hall–Kier alpha value is -1.90. The molecule has 0 unspecified atom stereocenters. The Kier molecular flexibility index (Phi) is 2.97. The maximum atomic E-state index is 12.0. The highest BCUT2D eigenvalue weighted by atomic mass is 16.2. The largest absolute Gasteiger partial charge is 0.335 e. The molecule has 3 heteroatoms. The van der Waals surface area contributed by atoms with Gasteiger partial charge in [-0.15, -0.1) is 0 Å². The predicted octanol–water partition coefficient (Wildman–Crippen LogP) is 2.29. The Morgan fingerprint density at radius 3 is 2.53 bits per heavy atom. The third-order valence-corrected chi connectivity index (χ3v) is 4.18. The molecule has 98 valence electrons. The van der Waals surface area contributed by atoms with Gasteiger partial charge in [0.15, 0.2) is 5.78 Å². The standard InChI is InChI=1S/C16H17NO2/c1-11-14(18)10-13(12-6-3-2-4-7-12)16(11)17-9-5-8-15(17)19/h2-4,6-7,13,16H,1,5,8-10H2/t13-,16+/m1/s1. The number of rotatable bonds is 2. The van der Waals surface area contributed by atoms with Gasteiger partial charge in [-0.05, 0) is 12.0 Å². The summed E-state index contributed by atoms with van der Waals surface area (Å²) >= 11 is 0. The van der Waals surface area contributed by atoms with Crippen molar-refractivity contribution in [3.63, 3.8) is 0 Å². The lowest BCUT2D eigenvalue weighted by molar-refractivity contribution is -0.129. The maximum absolute atomic E-state index is 12.0. The number of benzene rings is 1. The van der Waals surface area contributed by atoms with Crippen molar-refractivity contribution in [3.8, 4) is 0 Å². The molecule has 3 rings (SSSR count). The molecule has 1 aliphatic heterocycles. The summed E-state index contributed by atoms with van der Waals surface area (Å²) in [6, 6.07) is 9.84. The summed E-state index contributed by atoms with van der Waals surface area (Å²) in [4.78, 5) is 25.8. The Morgan fingerprint density at radius 2 is 1.89 bits per heavy atom. The monoisotopic (exact) mass is 255 g/mol. The van der Waals surface area contributed by atoms with Crippen LogP contribution in [0, 0.1) is 0 Å². The van der Waals surface area contributed by atoms with Crippen LogP contribution in [0.15, 0.2) is 42.5 Å². The summed E-state index contributed by atoms with van der Waals surface area (Å²) in [5.74, 6) is 0.323. The van der Waals surface area contributed by atoms with Crippen LogP contribution in [-0.4, -0.2) is 29.2 Å². The van der Waals surface area contributed by atoms with Crippen LogP contribution in [-0.2, 0) is 9.59 Å². The van der Waals surface area contributed by atoms with E-state index in [0.29, 0.717) is 18.4 Å². The number of hydrogen-bond acceptors (Lipinski definition) is 2. The summed E-state index contributed by atoms with van der Waals surface area (Å²) in [6.45, 7) is 4.68. The molecule has 1 aromatic rings. The fraction of sp³-hybridized carbons (Fsp3) is 0.375. The number of hydrogen-bond donors (Lipinski definition) is 0. The van der Waals surface area contributed by atoms with Gasteiger partial charge in [-0.1, -0.05) is 36.9 Å². The van der Waals surface area contributed by atoms with Gasteiger partial charge in [0.1, 0.15) is 0 Å². The Morgan fingerprint density at radius 1 is 1.16 bits per heavy atom. The molecule has 3 nitrogen and oxygen atoms in total. The number of Topliss-reactive ketones (excluding diaryl/α,β-unsaturated/α-hetero) is 1. The van der Waals surface area contributed by atoms with Crippen LogP contribution in [0.2, 0.25) is 0 Å². The summed E-state index contributed by atoms with van der Waals surface area (Å²) < 4.78 is 0. The first-order chi connectivity index (χ1) is 9.18. The Balaban J connectivity index is 1.96. The summed E-state index contributed by atoms with van der Waals surface area (Å²) in [6.07, 6.45) is 1.95. The molecule has 0 spiro atoms. The molecule has 19 heavy (non-hydrogen) atoms. The van der Waals surface area contributed by atoms with Gasteiger partial charge < -0.3 is 4.90 Å². The Bertz CT molecular complexity index is 535. The van der Waals surface area contributed by atoms with Gasteiger partial charge in [0, 0.05) is 30.9 Å². The minimum Gasteiger partial charge on any atom is -0.335 e. The molecule has 0 N–H and O–H groups in total. The van der Waals surface area contributed by atoms with Crippen molar-refractivity contribution in [3.05, 3.63) is 48.0 Å². The van der Waals surface area contributed by atoms with Gasteiger partial charge in [0.25, 0.3) is 0 Å². The lowest BCUT2D eigenvalue weighted by atomic mass is 9.92. The molecule has 0 aromatic heterocycles. The van der Waals surface area contributed by atoms with Gasteiger partial charge in [-0.3, -0.25) is 9.59 Å². The highest BCUT2D eigenvalue weighted by molar-refractivity contribution is 6.00. The number of amides is 1. The van der Waals surface area contributed by atoms with E-state index in [9.17, 15) is 9.59 Å². The van der Waals surface area contributed by atoms with Crippen molar-refractivity contribution in [2.24, 2.45) is 0 Å². The number of ketones is 1. The van der Waals surface area contributed by atoms with Crippen molar-refractivity contribution in [1.82, 2.24) is 4.90 Å². The molecule has 1 aromatic carbocycles. The average Bonchev–Trinajstić information content (AvgIpc) is 2.96. The van der Waals surface area contributed by atoms with Crippen LogP contribution in [0.4, 0.5) is 0 Å². The van der Waals surface area contributed by atoms with Crippen LogP contribution in [0.3, 0.4) is 0 Å². The molecular formula is C16H17NO2. The van der Waals surface area contributed by atoms with E-state index < -0.39 is 0 Å². The van der Waals surface area contributed by atoms with E-state index in [1.54, 1.807) is 0 Å². The molecule has 1 saturated heterocycles. The van der Waals surface area contributed by atoms with Crippen molar-refractivity contribution in [2.45, 2.75) is 31.2 Å². The minimum atomic E-state index is -0.134. The molecule has 2 atom stereocenters. The minimum absolute atomic E-state index is 0.0725. The lowest BCUT2D eigenvalue weighted by Crippen LogP contribution is -2.39. The zero-order valence-corrected chi connectivity index (χ0v) is 10.8. The van der Waals surface area contributed by atoms with Crippen molar-refractivity contribution in [1.29, 1.82) is 0 Å². The molecule has 2 fully saturated rings. The van der Waals surface area contributed by atoms with Gasteiger partial charge >= 0.3 is 0 Å². The van der Waals surface area contributed by atoms with E-state index in [-0.39, 0.29) is 23.7 Å². The van der Waals surface area contributed by atoms with E-state index in [4.69, 9.17) is 0 Å². The van der Waals surface area contributed by atoms with E-state index in [2.05, 4.69) is 6.58 Å².